The molecule has 0 saturated heterocycles. The number of anilines is 2. The predicted octanol–water partition coefficient (Wildman–Crippen LogP) is 4.51. The fourth-order valence-electron chi connectivity index (χ4n) is 2.55. The van der Waals surface area contributed by atoms with E-state index in [1.165, 1.54) is 29.4 Å². The zero-order valence-electron chi connectivity index (χ0n) is 14.9. The van der Waals surface area contributed by atoms with E-state index in [1.54, 1.807) is 7.05 Å². The minimum Gasteiger partial charge on any atom is -0.339 e. The number of halogens is 3. The quantitative estimate of drug-likeness (QED) is 0.701. The summed E-state index contributed by atoms with van der Waals surface area (Å²) in [6.45, 7) is 0.422. The fourth-order valence-corrected chi connectivity index (χ4v) is 2.55. The van der Waals surface area contributed by atoms with Gasteiger partial charge in [0, 0.05) is 19.3 Å². The molecule has 144 valence electrons. The first-order chi connectivity index (χ1) is 13.3. The van der Waals surface area contributed by atoms with Crippen LogP contribution in [-0.4, -0.2) is 27.8 Å². The number of amides is 1. The number of nitrogens with zero attached hydrogens (tertiary/aromatic N) is 3. The summed E-state index contributed by atoms with van der Waals surface area (Å²) in [5, 5.41) is 2.75. The zero-order chi connectivity index (χ0) is 20.1. The maximum Gasteiger partial charge on any atom is 0.416 e. The highest BCUT2D eigenvalue weighted by atomic mass is 19.4. The Morgan fingerprint density at radius 2 is 1.79 bits per heavy atom. The molecule has 1 amide bonds. The molecule has 3 rings (SSSR count). The number of hydrogen-bond donors (Lipinski definition) is 1. The van der Waals surface area contributed by atoms with Crippen molar-refractivity contribution in [1.82, 2.24) is 14.9 Å². The average Bonchev–Trinajstić information content (AvgIpc) is 2.68. The Morgan fingerprint density at radius 3 is 2.43 bits per heavy atom. The Morgan fingerprint density at radius 1 is 1.04 bits per heavy atom. The number of alkyl halides is 3. The van der Waals surface area contributed by atoms with Crippen molar-refractivity contribution in [2.75, 3.05) is 12.4 Å². The Bertz CT molecular complexity index is 944. The van der Waals surface area contributed by atoms with Gasteiger partial charge in [0.2, 0.25) is 0 Å². The number of carbonyl (C=O) groups excluding carboxylic acids is 1. The Balaban J connectivity index is 1.67. The van der Waals surface area contributed by atoms with E-state index in [4.69, 9.17) is 0 Å². The third-order valence-corrected chi connectivity index (χ3v) is 3.94. The van der Waals surface area contributed by atoms with Crippen LogP contribution in [0.3, 0.4) is 0 Å². The highest BCUT2D eigenvalue weighted by Gasteiger charge is 2.30. The smallest absolute Gasteiger partial charge is 0.339 e. The largest absolute Gasteiger partial charge is 0.416 e. The molecule has 0 radical (unpaired) electrons. The third-order valence-electron chi connectivity index (χ3n) is 3.94. The third kappa shape index (κ3) is 4.85. The number of nitrogens with one attached hydrogen (secondary N) is 1. The van der Waals surface area contributed by atoms with E-state index in [-0.39, 0.29) is 23.1 Å². The molecule has 8 heteroatoms. The van der Waals surface area contributed by atoms with Gasteiger partial charge in [-0.2, -0.15) is 13.2 Å². The van der Waals surface area contributed by atoms with E-state index in [9.17, 15) is 18.0 Å². The first-order valence-electron chi connectivity index (χ1n) is 8.38. The molecule has 2 aromatic carbocycles. The summed E-state index contributed by atoms with van der Waals surface area (Å²) in [6.07, 6.45) is -1.83. The standard InChI is InChI=1S/C20H17F3N4O/c1-27(13-14-6-3-2-4-7-14)19(28)17-11-25-18(12-24-17)26-16-9-5-8-15(10-16)20(21,22)23/h2-12H,13H2,1H3,(H,25,26). The van der Waals surface area contributed by atoms with Crippen molar-refractivity contribution in [3.05, 3.63) is 83.8 Å². The normalized spacial score (nSPS) is 11.1. The summed E-state index contributed by atoms with van der Waals surface area (Å²) in [4.78, 5) is 22.1. The van der Waals surface area contributed by atoms with Crippen LogP contribution < -0.4 is 5.32 Å². The lowest BCUT2D eigenvalue weighted by Gasteiger charge is -2.16. The number of rotatable bonds is 5. The second-order valence-corrected chi connectivity index (χ2v) is 6.14. The maximum atomic E-state index is 12.8. The van der Waals surface area contributed by atoms with Gasteiger partial charge in [-0.05, 0) is 23.8 Å². The van der Waals surface area contributed by atoms with Gasteiger partial charge in [-0.15, -0.1) is 0 Å². The summed E-state index contributed by atoms with van der Waals surface area (Å²) >= 11 is 0. The molecule has 0 saturated carbocycles. The number of hydrogen-bond acceptors (Lipinski definition) is 4. The summed E-state index contributed by atoms with van der Waals surface area (Å²) in [7, 11) is 1.66. The predicted molar refractivity (Wildman–Crippen MR) is 99.0 cm³/mol. The molecule has 1 N–H and O–H groups in total. The molecule has 0 aliphatic heterocycles. The Kier molecular flexibility index (Phi) is 5.58. The van der Waals surface area contributed by atoms with E-state index in [0.717, 1.165) is 17.7 Å². The highest BCUT2D eigenvalue weighted by Crippen LogP contribution is 2.31. The molecule has 28 heavy (non-hydrogen) atoms. The molecule has 0 aliphatic carbocycles. The Hall–Kier alpha value is -3.42. The lowest BCUT2D eigenvalue weighted by Crippen LogP contribution is -2.27. The van der Waals surface area contributed by atoms with E-state index >= 15 is 0 Å². The van der Waals surface area contributed by atoms with Crippen LogP contribution in [-0.2, 0) is 12.7 Å². The van der Waals surface area contributed by atoms with Crippen LogP contribution in [0.15, 0.2) is 67.0 Å². The SMILES string of the molecule is CN(Cc1ccccc1)C(=O)c1cnc(Nc2cccc(C(F)(F)F)c2)cn1. The molecule has 1 aromatic heterocycles. The first-order valence-corrected chi connectivity index (χ1v) is 8.38. The van der Waals surface area contributed by atoms with Crippen LogP contribution in [0.5, 0.6) is 0 Å². The van der Waals surface area contributed by atoms with Crippen molar-refractivity contribution < 1.29 is 18.0 Å². The minimum absolute atomic E-state index is 0.146. The molecule has 0 atom stereocenters. The van der Waals surface area contributed by atoms with Crippen molar-refractivity contribution in [2.45, 2.75) is 12.7 Å². The van der Waals surface area contributed by atoms with Crippen LogP contribution in [0, 0.1) is 0 Å². The molecular weight excluding hydrogens is 369 g/mol. The summed E-state index contributed by atoms with van der Waals surface area (Å²) in [6, 6.07) is 14.3. The Labute approximate surface area is 159 Å². The van der Waals surface area contributed by atoms with E-state index < -0.39 is 11.7 Å². The number of aromatic nitrogens is 2. The zero-order valence-corrected chi connectivity index (χ0v) is 14.9. The van der Waals surface area contributed by atoms with Gasteiger partial charge in [-0.25, -0.2) is 9.97 Å². The van der Waals surface area contributed by atoms with Crippen LogP contribution >= 0.6 is 0 Å². The summed E-state index contributed by atoms with van der Waals surface area (Å²) < 4.78 is 38.3. The minimum atomic E-state index is -4.43. The van der Waals surface area contributed by atoms with Crippen LogP contribution in [0.1, 0.15) is 21.6 Å². The van der Waals surface area contributed by atoms with Crippen LogP contribution in [0.2, 0.25) is 0 Å². The number of benzene rings is 2. The monoisotopic (exact) mass is 386 g/mol. The van der Waals surface area contributed by atoms with Crippen molar-refractivity contribution in [2.24, 2.45) is 0 Å². The molecule has 0 unspecified atom stereocenters. The van der Waals surface area contributed by atoms with Crippen molar-refractivity contribution in [3.63, 3.8) is 0 Å². The van der Waals surface area contributed by atoms with Gasteiger partial charge in [-0.3, -0.25) is 4.79 Å². The molecule has 5 nitrogen and oxygen atoms in total. The van der Waals surface area contributed by atoms with Crippen molar-refractivity contribution in [1.29, 1.82) is 0 Å². The lowest BCUT2D eigenvalue weighted by atomic mass is 10.2. The average molecular weight is 386 g/mol. The molecule has 0 bridgehead atoms. The second-order valence-electron chi connectivity index (χ2n) is 6.14. The van der Waals surface area contributed by atoms with Gasteiger partial charge in [-0.1, -0.05) is 36.4 Å². The van der Waals surface area contributed by atoms with Gasteiger partial charge >= 0.3 is 6.18 Å². The summed E-state index contributed by atoms with van der Waals surface area (Å²) in [5.74, 6) is -0.0661. The molecule has 0 aliphatic rings. The molecule has 0 spiro atoms. The maximum absolute atomic E-state index is 12.8. The van der Waals surface area contributed by atoms with Gasteiger partial charge in [0.05, 0.1) is 18.0 Å². The highest BCUT2D eigenvalue weighted by molar-refractivity contribution is 5.91. The van der Waals surface area contributed by atoms with E-state index in [1.807, 2.05) is 30.3 Å². The number of carbonyl (C=O) groups is 1. The molecular formula is C20H17F3N4O. The second kappa shape index (κ2) is 8.08. The first kappa shape index (κ1) is 19.3. The van der Waals surface area contributed by atoms with Gasteiger partial charge in [0.1, 0.15) is 11.5 Å². The topological polar surface area (TPSA) is 58.1 Å². The fraction of sp³-hybridized carbons (Fsp3) is 0.150. The van der Waals surface area contributed by atoms with Crippen LogP contribution in [0.25, 0.3) is 0 Å². The summed E-state index contributed by atoms with van der Waals surface area (Å²) in [5.41, 5.74) is 0.589. The van der Waals surface area contributed by atoms with Crippen molar-refractivity contribution >= 4 is 17.4 Å². The van der Waals surface area contributed by atoms with Crippen molar-refractivity contribution in [3.8, 4) is 0 Å². The van der Waals surface area contributed by atoms with E-state index in [0.29, 0.717) is 6.54 Å². The van der Waals surface area contributed by atoms with Gasteiger partial charge in [0.15, 0.2) is 0 Å². The lowest BCUT2D eigenvalue weighted by molar-refractivity contribution is -0.137. The molecule has 3 aromatic rings. The van der Waals surface area contributed by atoms with Gasteiger partial charge < -0.3 is 10.2 Å². The van der Waals surface area contributed by atoms with Crippen LogP contribution in [0.4, 0.5) is 24.7 Å². The van der Waals surface area contributed by atoms with E-state index in [2.05, 4.69) is 15.3 Å². The van der Waals surface area contributed by atoms with Gasteiger partial charge in [0.25, 0.3) is 5.91 Å². The molecule has 1 heterocycles. The molecule has 0 fully saturated rings.